The Hall–Kier alpha value is -1.02. The standard InChI is InChI=1S/C17H28O2/c1-7-14(4)12-17(5,6)19-18-16-11-9-8-10-15(16)13(2)3/h8-11,13-14H,7,12H2,1-6H3. The van der Waals surface area contributed by atoms with Crippen molar-refractivity contribution in [3.8, 4) is 5.75 Å². The highest BCUT2D eigenvalue weighted by atomic mass is 17.2. The molecule has 0 radical (unpaired) electrons. The molecule has 108 valence electrons. The van der Waals surface area contributed by atoms with Gasteiger partial charge in [0.2, 0.25) is 0 Å². The van der Waals surface area contributed by atoms with Crippen molar-refractivity contribution < 1.29 is 9.78 Å². The number of hydrogen-bond acceptors (Lipinski definition) is 2. The fourth-order valence-electron chi connectivity index (χ4n) is 2.21. The van der Waals surface area contributed by atoms with Crippen LogP contribution in [0.5, 0.6) is 5.75 Å². The van der Waals surface area contributed by atoms with Crippen molar-refractivity contribution in [2.45, 2.75) is 65.9 Å². The maximum Gasteiger partial charge on any atom is 0.168 e. The molecule has 1 aromatic rings. The Labute approximate surface area is 118 Å². The van der Waals surface area contributed by atoms with E-state index in [2.05, 4.69) is 47.6 Å². The Kier molecular flexibility index (Phi) is 5.86. The molecule has 0 aliphatic rings. The summed E-state index contributed by atoms with van der Waals surface area (Å²) in [7, 11) is 0. The molecule has 0 amide bonds. The van der Waals surface area contributed by atoms with Gasteiger partial charge in [-0.2, -0.15) is 4.89 Å². The number of para-hydroxylation sites is 1. The van der Waals surface area contributed by atoms with Crippen LogP contribution < -0.4 is 4.89 Å². The van der Waals surface area contributed by atoms with E-state index in [1.54, 1.807) is 0 Å². The molecular formula is C17H28O2. The maximum absolute atomic E-state index is 5.68. The second-order valence-electron chi connectivity index (χ2n) is 6.34. The highest BCUT2D eigenvalue weighted by Crippen LogP contribution is 2.29. The zero-order valence-electron chi connectivity index (χ0n) is 13.2. The van der Waals surface area contributed by atoms with E-state index in [9.17, 15) is 0 Å². The monoisotopic (exact) mass is 264 g/mol. The van der Waals surface area contributed by atoms with Crippen LogP contribution in [0.2, 0.25) is 0 Å². The third-order valence-electron chi connectivity index (χ3n) is 3.44. The zero-order valence-corrected chi connectivity index (χ0v) is 13.2. The summed E-state index contributed by atoms with van der Waals surface area (Å²) in [6.45, 7) is 12.9. The maximum atomic E-state index is 5.68. The van der Waals surface area contributed by atoms with Gasteiger partial charge in [-0.25, -0.2) is 0 Å². The van der Waals surface area contributed by atoms with Crippen molar-refractivity contribution in [1.29, 1.82) is 0 Å². The van der Waals surface area contributed by atoms with Crippen LogP contribution in [0.15, 0.2) is 24.3 Å². The first-order valence-electron chi connectivity index (χ1n) is 7.30. The Bertz CT molecular complexity index is 383. The topological polar surface area (TPSA) is 18.5 Å². The predicted octanol–water partition coefficient (Wildman–Crippen LogP) is 5.34. The summed E-state index contributed by atoms with van der Waals surface area (Å²) in [5, 5.41) is 0. The summed E-state index contributed by atoms with van der Waals surface area (Å²) in [4.78, 5) is 11.3. The van der Waals surface area contributed by atoms with Gasteiger partial charge < -0.3 is 4.89 Å². The molecule has 2 nitrogen and oxygen atoms in total. The molecule has 0 N–H and O–H groups in total. The number of benzene rings is 1. The number of hydrogen-bond donors (Lipinski definition) is 0. The molecule has 0 heterocycles. The molecule has 0 spiro atoms. The second kappa shape index (κ2) is 6.95. The molecule has 0 saturated carbocycles. The minimum absolute atomic E-state index is 0.264. The fraction of sp³-hybridized carbons (Fsp3) is 0.647. The summed E-state index contributed by atoms with van der Waals surface area (Å²) >= 11 is 0. The Morgan fingerprint density at radius 1 is 1.11 bits per heavy atom. The first-order valence-corrected chi connectivity index (χ1v) is 7.30. The van der Waals surface area contributed by atoms with E-state index in [0.717, 1.165) is 18.6 Å². The van der Waals surface area contributed by atoms with Gasteiger partial charge in [-0.05, 0) is 38.2 Å². The molecule has 1 atom stereocenters. The van der Waals surface area contributed by atoms with Crippen molar-refractivity contribution in [2.24, 2.45) is 5.92 Å². The van der Waals surface area contributed by atoms with Crippen LogP contribution in [-0.4, -0.2) is 5.60 Å². The smallest absolute Gasteiger partial charge is 0.168 e. The second-order valence-corrected chi connectivity index (χ2v) is 6.34. The largest absolute Gasteiger partial charge is 0.337 e. The molecule has 1 aromatic carbocycles. The van der Waals surface area contributed by atoms with Crippen molar-refractivity contribution in [2.75, 3.05) is 0 Å². The van der Waals surface area contributed by atoms with Crippen molar-refractivity contribution >= 4 is 0 Å². The van der Waals surface area contributed by atoms with Gasteiger partial charge in [0, 0.05) is 5.56 Å². The average Bonchev–Trinajstić information content (AvgIpc) is 2.36. The molecule has 2 heteroatoms. The van der Waals surface area contributed by atoms with Crippen molar-refractivity contribution in [3.05, 3.63) is 29.8 Å². The van der Waals surface area contributed by atoms with Crippen LogP contribution >= 0.6 is 0 Å². The molecule has 0 aromatic heterocycles. The average molecular weight is 264 g/mol. The third-order valence-corrected chi connectivity index (χ3v) is 3.44. The zero-order chi connectivity index (χ0) is 14.5. The van der Waals surface area contributed by atoms with E-state index in [1.165, 1.54) is 5.56 Å². The lowest BCUT2D eigenvalue weighted by Crippen LogP contribution is -2.28. The third kappa shape index (κ3) is 5.23. The van der Waals surface area contributed by atoms with E-state index in [1.807, 2.05) is 18.2 Å². The lowest BCUT2D eigenvalue weighted by atomic mass is 9.93. The van der Waals surface area contributed by atoms with E-state index in [4.69, 9.17) is 9.78 Å². The Balaban J connectivity index is 2.66. The summed E-state index contributed by atoms with van der Waals surface area (Å²) < 4.78 is 0. The highest BCUT2D eigenvalue weighted by Gasteiger charge is 2.24. The normalized spacial score (nSPS) is 13.6. The quantitative estimate of drug-likeness (QED) is 0.489. The molecule has 1 rings (SSSR count). The van der Waals surface area contributed by atoms with Crippen molar-refractivity contribution in [1.82, 2.24) is 0 Å². The molecule has 1 unspecified atom stereocenters. The first kappa shape index (κ1) is 16.0. The Morgan fingerprint density at radius 2 is 1.74 bits per heavy atom. The minimum Gasteiger partial charge on any atom is -0.337 e. The SMILES string of the molecule is CCC(C)CC(C)(C)OOc1ccccc1C(C)C. The summed E-state index contributed by atoms with van der Waals surface area (Å²) in [5.41, 5.74) is 0.918. The van der Waals surface area contributed by atoms with Gasteiger partial charge >= 0.3 is 0 Å². The van der Waals surface area contributed by atoms with Gasteiger partial charge in [0.25, 0.3) is 0 Å². The Morgan fingerprint density at radius 3 is 2.32 bits per heavy atom. The van der Waals surface area contributed by atoms with Crippen LogP contribution in [0.25, 0.3) is 0 Å². The van der Waals surface area contributed by atoms with Crippen LogP contribution in [0.1, 0.15) is 65.9 Å². The summed E-state index contributed by atoms with van der Waals surface area (Å²) in [5.74, 6) is 1.89. The van der Waals surface area contributed by atoms with Crippen molar-refractivity contribution in [3.63, 3.8) is 0 Å². The van der Waals surface area contributed by atoms with E-state index in [0.29, 0.717) is 11.8 Å². The van der Waals surface area contributed by atoms with Crippen LogP contribution in [0, 0.1) is 5.92 Å². The molecule has 0 aliphatic carbocycles. The summed E-state index contributed by atoms with van der Waals surface area (Å²) in [6, 6.07) is 8.07. The molecule has 0 fully saturated rings. The van der Waals surface area contributed by atoms with Gasteiger partial charge in [0.1, 0.15) is 5.60 Å². The first-order chi connectivity index (χ1) is 8.85. The molecule has 19 heavy (non-hydrogen) atoms. The lowest BCUT2D eigenvalue weighted by Gasteiger charge is -2.27. The van der Waals surface area contributed by atoms with E-state index >= 15 is 0 Å². The van der Waals surface area contributed by atoms with Crippen LogP contribution in [-0.2, 0) is 4.89 Å². The molecule has 0 bridgehead atoms. The summed E-state index contributed by atoms with van der Waals surface area (Å²) in [6.07, 6.45) is 2.16. The van der Waals surface area contributed by atoms with Gasteiger partial charge in [-0.15, -0.1) is 0 Å². The predicted molar refractivity (Wildman–Crippen MR) is 80.4 cm³/mol. The van der Waals surface area contributed by atoms with E-state index in [-0.39, 0.29) is 5.60 Å². The van der Waals surface area contributed by atoms with Crippen LogP contribution in [0.3, 0.4) is 0 Å². The molecule has 0 saturated heterocycles. The van der Waals surface area contributed by atoms with Gasteiger partial charge in [-0.3, -0.25) is 0 Å². The minimum atomic E-state index is -0.264. The lowest BCUT2D eigenvalue weighted by molar-refractivity contribution is -0.285. The highest BCUT2D eigenvalue weighted by molar-refractivity contribution is 5.35. The molecular weight excluding hydrogens is 236 g/mol. The van der Waals surface area contributed by atoms with E-state index < -0.39 is 0 Å². The van der Waals surface area contributed by atoms with Gasteiger partial charge in [-0.1, -0.05) is 52.3 Å². The van der Waals surface area contributed by atoms with Gasteiger partial charge in [0.15, 0.2) is 5.75 Å². The number of rotatable bonds is 7. The van der Waals surface area contributed by atoms with Crippen LogP contribution in [0.4, 0.5) is 0 Å². The van der Waals surface area contributed by atoms with Gasteiger partial charge in [0.05, 0.1) is 0 Å². The fourth-order valence-corrected chi connectivity index (χ4v) is 2.21. The molecule has 0 aliphatic heterocycles.